The molecule has 0 radical (unpaired) electrons. The number of nitrogens with zero attached hydrogens (tertiary/aromatic N) is 3. The van der Waals surface area contributed by atoms with Crippen LogP contribution in [0.1, 0.15) is 16.7 Å². The summed E-state index contributed by atoms with van der Waals surface area (Å²) >= 11 is 5.05. The zero-order chi connectivity index (χ0) is 19.1. The van der Waals surface area contributed by atoms with Crippen molar-refractivity contribution in [1.29, 1.82) is 0 Å². The number of benzene rings is 1. The molecule has 0 saturated heterocycles. The number of hydrogen-bond donors (Lipinski definition) is 0. The van der Waals surface area contributed by atoms with Gasteiger partial charge in [0.25, 0.3) is 0 Å². The molecule has 0 unspecified atom stereocenters. The maximum absolute atomic E-state index is 13.0. The SMILES string of the molecule is Cc1cc(Br)ccc1SCC(=O)N(Cc1ccncc1)Cc1cccnc1. The summed E-state index contributed by atoms with van der Waals surface area (Å²) in [7, 11) is 0. The van der Waals surface area contributed by atoms with Gasteiger partial charge >= 0.3 is 0 Å². The van der Waals surface area contributed by atoms with E-state index in [2.05, 4.69) is 38.9 Å². The molecule has 0 spiro atoms. The van der Waals surface area contributed by atoms with Crippen LogP contribution in [0.3, 0.4) is 0 Å². The third kappa shape index (κ3) is 5.91. The van der Waals surface area contributed by atoms with E-state index in [0.717, 1.165) is 26.1 Å². The normalized spacial score (nSPS) is 10.6. The van der Waals surface area contributed by atoms with Gasteiger partial charge < -0.3 is 4.90 Å². The van der Waals surface area contributed by atoms with Crippen LogP contribution in [0.5, 0.6) is 0 Å². The molecular formula is C21H20BrN3OS. The molecule has 1 aromatic carbocycles. The van der Waals surface area contributed by atoms with Crippen molar-refractivity contribution in [1.82, 2.24) is 14.9 Å². The highest BCUT2D eigenvalue weighted by Crippen LogP contribution is 2.26. The second-order valence-electron chi connectivity index (χ2n) is 6.17. The number of pyridine rings is 2. The molecule has 0 fully saturated rings. The van der Waals surface area contributed by atoms with Gasteiger partial charge in [0.1, 0.15) is 0 Å². The Bertz CT molecular complexity index is 849. The lowest BCUT2D eigenvalue weighted by molar-refractivity contribution is -0.129. The van der Waals surface area contributed by atoms with Crippen molar-refractivity contribution in [3.05, 3.63) is 88.4 Å². The monoisotopic (exact) mass is 441 g/mol. The topological polar surface area (TPSA) is 46.1 Å². The lowest BCUT2D eigenvalue weighted by Crippen LogP contribution is -2.31. The van der Waals surface area contributed by atoms with Gasteiger partial charge in [-0.25, -0.2) is 0 Å². The number of rotatable bonds is 7. The number of amides is 1. The van der Waals surface area contributed by atoms with Gasteiger partial charge in [0.05, 0.1) is 5.75 Å². The second kappa shape index (κ2) is 9.67. The van der Waals surface area contributed by atoms with Gasteiger partial charge in [-0.3, -0.25) is 14.8 Å². The number of carbonyl (C=O) groups is 1. The molecule has 2 aromatic heterocycles. The van der Waals surface area contributed by atoms with E-state index in [9.17, 15) is 4.79 Å². The molecule has 0 atom stereocenters. The summed E-state index contributed by atoms with van der Waals surface area (Å²) in [4.78, 5) is 24.2. The maximum Gasteiger partial charge on any atom is 0.233 e. The first-order chi connectivity index (χ1) is 13.1. The number of halogens is 1. The van der Waals surface area contributed by atoms with Gasteiger partial charge in [-0.2, -0.15) is 0 Å². The number of hydrogen-bond acceptors (Lipinski definition) is 4. The third-order valence-electron chi connectivity index (χ3n) is 4.06. The Morgan fingerprint density at radius 2 is 1.81 bits per heavy atom. The fourth-order valence-electron chi connectivity index (χ4n) is 2.66. The lowest BCUT2D eigenvalue weighted by Gasteiger charge is -2.23. The van der Waals surface area contributed by atoms with Gasteiger partial charge in [-0.15, -0.1) is 11.8 Å². The molecule has 3 rings (SSSR count). The van der Waals surface area contributed by atoms with E-state index in [-0.39, 0.29) is 5.91 Å². The average Bonchev–Trinajstić information content (AvgIpc) is 2.68. The van der Waals surface area contributed by atoms with Crippen molar-refractivity contribution in [3.63, 3.8) is 0 Å². The number of aromatic nitrogens is 2. The van der Waals surface area contributed by atoms with Crippen LogP contribution in [0.4, 0.5) is 0 Å². The highest BCUT2D eigenvalue weighted by molar-refractivity contribution is 9.10. The van der Waals surface area contributed by atoms with Crippen LogP contribution in [0.25, 0.3) is 0 Å². The van der Waals surface area contributed by atoms with Crippen LogP contribution in [0.15, 0.2) is 76.6 Å². The average molecular weight is 442 g/mol. The van der Waals surface area contributed by atoms with Crippen LogP contribution >= 0.6 is 27.7 Å². The van der Waals surface area contributed by atoms with Crippen LogP contribution in [0, 0.1) is 6.92 Å². The quantitative estimate of drug-likeness (QED) is 0.490. The molecule has 27 heavy (non-hydrogen) atoms. The predicted octanol–water partition coefficient (Wildman–Crippen LogP) is 4.87. The molecule has 4 nitrogen and oxygen atoms in total. The highest BCUT2D eigenvalue weighted by Gasteiger charge is 2.16. The van der Waals surface area contributed by atoms with E-state index in [1.54, 1.807) is 36.5 Å². The summed E-state index contributed by atoms with van der Waals surface area (Å²) in [6.07, 6.45) is 7.05. The van der Waals surface area contributed by atoms with E-state index in [1.807, 2.05) is 41.3 Å². The Morgan fingerprint density at radius 3 is 2.52 bits per heavy atom. The number of carbonyl (C=O) groups excluding carboxylic acids is 1. The molecule has 0 N–H and O–H groups in total. The Kier molecular flexibility index (Phi) is 7.01. The lowest BCUT2D eigenvalue weighted by atomic mass is 10.2. The first-order valence-electron chi connectivity index (χ1n) is 8.56. The summed E-state index contributed by atoms with van der Waals surface area (Å²) in [6, 6.07) is 13.9. The standard InChI is InChI=1S/C21H20BrN3OS/c1-16-11-19(22)4-5-20(16)27-15-21(26)25(13-17-6-9-23-10-7-17)14-18-3-2-8-24-12-18/h2-12H,13-15H2,1H3. The third-order valence-corrected chi connectivity index (χ3v) is 5.71. The number of aryl methyl sites for hydroxylation is 1. The molecule has 0 aliphatic carbocycles. The molecule has 0 aliphatic rings. The minimum absolute atomic E-state index is 0.1000. The van der Waals surface area contributed by atoms with E-state index < -0.39 is 0 Å². The largest absolute Gasteiger partial charge is 0.333 e. The molecule has 6 heteroatoms. The van der Waals surface area contributed by atoms with Crippen molar-refractivity contribution in [3.8, 4) is 0 Å². The minimum Gasteiger partial charge on any atom is -0.333 e. The summed E-state index contributed by atoms with van der Waals surface area (Å²) in [5.41, 5.74) is 3.24. The zero-order valence-corrected chi connectivity index (χ0v) is 17.4. The molecule has 0 aliphatic heterocycles. The van der Waals surface area contributed by atoms with Crippen molar-refractivity contribution < 1.29 is 4.79 Å². The smallest absolute Gasteiger partial charge is 0.233 e. The molecule has 1 amide bonds. The van der Waals surface area contributed by atoms with Crippen molar-refractivity contribution >= 4 is 33.6 Å². The summed E-state index contributed by atoms with van der Waals surface area (Å²) in [5, 5.41) is 0. The molecule has 3 aromatic rings. The Hall–Kier alpha value is -2.18. The molecular weight excluding hydrogens is 422 g/mol. The van der Waals surface area contributed by atoms with E-state index in [1.165, 1.54) is 0 Å². The van der Waals surface area contributed by atoms with Crippen LogP contribution in [-0.2, 0) is 17.9 Å². The fraction of sp³-hybridized carbons (Fsp3) is 0.190. The Balaban J connectivity index is 1.71. The van der Waals surface area contributed by atoms with Crippen molar-refractivity contribution in [2.75, 3.05) is 5.75 Å². The van der Waals surface area contributed by atoms with Gasteiger partial charge in [0.2, 0.25) is 5.91 Å². The zero-order valence-electron chi connectivity index (χ0n) is 15.0. The van der Waals surface area contributed by atoms with Crippen LogP contribution in [-0.4, -0.2) is 26.5 Å². The first kappa shape index (κ1) is 19.6. The van der Waals surface area contributed by atoms with E-state index >= 15 is 0 Å². The van der Waals surface area contributed by atoms with Gasteiger partial charge in [0.15, 0.2) is 0 Å². The molecule has 138 valence electrons. The summed E-state index contributed by atoms with van der Waals surface area (Å²) in [5.74, 6) is 0.497. The predicted molar refractivity (Wildman–Crippen MR) is 112 cm³/mol. The highest BCUT2D eigenvalue weighted by atomic mass is 79.9. The second-order valence-corrected chi connectivity index (χ2v) is 8.10. The molecule has 0 bridgehead atoms. The van der Waals surface area contributed by atoms with Crippen LogP contribution in [0.2, 0.25) is 0 Å². The molecule has 0 saturated carbocycles. The summed E-state index contributed by atoms with van der Waals surface area (Å²) < 4.78 is 1.05. The summed E-state index contributed by atoms with van der Waals surface area (Å²) in [6.45, 7) is 3.15. The van der Waals surface area contributed by atoms with Crippen molar-refractivity contribution in [2.24, 2.45) is 0 Å². The molecule has 2 heterocycles. The van der Waals surface area contributed by atoms with E-state index in [4.69, 9.17) is 0 Å². The van der Waals surface area contributed by atoms with Gasteiger partial charge in [-0.05, 0) is 60.0 Å². The van der Waals surface area contributed by atoms with Crippen molar-refractivity contribution in [2.45, 2.75) is 24.9 Å². The van der Waals surface area contributed by atoms with E-state index in [0.29, 0.717) is 18.8 Å². The Labute approximate surface area is 172 Å². The minimum atomic E-state index is 0.1000. The van der Waals surface area contributed by atoms with Gasteiger partial charge in [0, 0.05) is 47.2 Å². The number of thioether (sulfide) groups is 1. The van der Waals surface area contributed by atoms with Crippen LogP contribution < -0.4 is 0 Å². The fourth-order valence-corrected chi connectivity index (χ4v) is 4.05. The first-order valence-corrected chi connectivity index (χ1v) is 10.3. The Morgan fingerprint density at radius 1 is 1.04 bits per heavy atom. The van der Waals surface area contributed by atoms with Gasteiger partial charge in [-0.1, -0.05) is 22.0 Å². The maximum atomic E-state index is 13.0.